The van der Waals surface area contributed by atoms with Crippen LogP contribution in [0.15, 0.2) is 54.3 Å². The molecule has 5 nitrogen and oxygen atoms in total. The zero-order valence-corrected chi connectivity index (χ0v) is 18.3. The number of methoxy groups -OCH3 is 1. The minimum absolute atomic E-state index is 0.279. The van der Waals surface area contributed by atoms with Gasteiger partial charge in [0.25, 0.3) is 5.91 Å². The molecule has 0 aliphatic carbocycles. The maximum absolute atomic E-state index is 13.6. The van der Waals surface area contributed by atoms with E-state index in [1.54, 1.807) is 13.2 Å². The van der Waals surface area contributed by atoms with E-state index in [4.69, 9.17) is 9.47 Å². The smallest absolute Gasteiger partial charge is 0.260 e. The van der Waals surface area contributed by atoms with Crippen molar-refractivity contribution in [1.29, 1.82) is 0 Å². The molecule has 0 bridgehead atoms. The summed E-state index contributed by atoms with van der Waals surface area (Å²) in [5, 5.41) is 2.73. The zero-order chi connectivity index (χ0) is 22.2. The van der Waals surface area contributed by atoms with Gasteiger partial charge in [-0.1, -0.05) is 24.3 Å². The summed E-state index contributed by atoms with van der Waals surface area (Å²) >= 11 is 0. The number of anilines is 1. The largest absolute Gasteiger partial charge is 0.482 e. The van der Waals surface area contributed by atoms with Gasteiger partial charge in [0.1, 0.15) is 17.2 Å². The lowest BCUT2D eigenvalue weighted by atomic mass is 9.91. The standard InChI is InChI=1S/C25H27FN2O3/c1-25(2)20(17-7-5-16(6-8-17)15-28(3)11-12-30-4)14-22(31-25)23-19-10-9-18(26)13-21(19)27-24(23)29/h5-10,13-14H,11-12,15H2,1-4H3,(H,27,29). The summed E-state index contributed by atoms with van der Waals surface area (Å²) in [6, 6.07) is 12.7. The number of carbonyl (C=O) groups is 1. The first kappa shape index (κ1) is 21.3. The van der Waals surface area contributed by atoms with E-state index in [0.717, 1.165) is 24.2 Å². The lowest BCUT2D eigenvalue weighted by molar-refractivity contribution is -0.111. The topological polar surface area (TPSA) is 50.8 Å². The molecule has 0 radical (unpaired) electrons. The molecule has 2 aromatic rings. The summed E-state index contributed by atoms with van der Waals surface area (Å²) in [5.74, 6) is -0.160. The van der Waals surface area contributed by atoms with Gasteiger partial charge in [0.05, 0.1) is 17.9 Å². The van der Waals surface area contributed by atoms with Crippen LogP contribution in [0.25, 0.3) is 11.1 Å². The number of nitrogens with one attached hydrogen (secondary N) is 1. The molecule has 162 valence electrons. The highest BCUT2D eigenvalue weighted by atomic mass is 19.1. The van der Waals surface area contributed by atoms with Crippen molar-refractivity contribution in [2.45, 2.75) is 26.0 Å². The van der Waals surface area contributed by atoms with Gasteiger partial charge in [-0.25, -0.2) is 4.39 Å². The Hall–Kier alpha value is -2.96. The van der Waals surface area contributed by atoms with Crippen LogP contribution in [0.3, 0.4) is 0 Å². The number of nitrogens with zero attached hydrogens (tertiary/aromatic N) is 1. The summed E-state index contributed by atoms with van der Waals surface area (Å²) in [6.07, 6.45) is 1.92. The highest BCUT2D eigenvalue weighted by Crippen LogP contribution is 2.44. The highest BCUT2D eigenvalue weighted by Gasteiger charge is 2.38. The molecular formula is C25H27FN2O3. The lowest BCUT2D eigenvalue weighted by Gasteiger charge is -2.24. The number of hydrogen-bond donors (Lipinski definition) is 1. The number of benzene rings is 2. The molecule has 0 unspecified atom stereocenters. The summed E-state index contributed by atoms with van der Waals surface area (Å²) in [5.41, 5.74) is 4.22. The number of fused-ring (bicyclic) bond motifs is 1. The summed E-state index contributed by atoms with van der Waals surface area (Å²) < 4.78 is 24.9. The lowest BCUT2D eigenvalue weighted by Crippen LogP contribution is -2.22. The van der Waals surface area contributed by atoms with Gasteiger partial charge in [0.15, 0.2) is 0 Å². The Morgan fingerprint density at radius 2 is 1.90 bits per heavy atom. The molecule has 4 rings (SSSR count). The van der Waals surface area contributed by atoms with Crippen LogP contribution in [0, 0.1) is 5.82 Å². The number of allylic oxidation sites excluding steroid dienone is 1. The van der Waals surface area contributed by atoms with Crippen molar-refractivity contribution in [3.05, 3.63) is 76.8 Å². The summed E-state index contributed by atoms with van der Waals surface area (Å²) in [4.78, 5) is 14.8. The Morgan fingerprint density at radius 3 is 2.61 bits per heavy atom. The maximum Gasteiger partial charge on any atom is 0.260 e. The van der Waals surface area contributed by atoms with E-state index in [0.29, 0.717) is 29.2 Å². The normalized spacial score (nSPS) is 19.3. The molecule has 0 aromatic heterocycles. The minimum Gasteiger partial charge on any atom is -0.482 e. The Labute approximate surface area is 182 Å². The van der Waals surface area contributed by atoms with Gasteiger partial charge in [-0.3, -0.25) is 9.69 Å². The van der Waals surface area contributed by atoms with Crippen molar-refractivity contribution in [1.82, 2.24) is 4.90 Å². The van der Waals surface area contributed by atoms with Crippen molar-refractivity contribution in [2.24, 2.45) is 0 Å². The fourth-order valence-electron chi connectivity index (χ4n) is 4.04. The third kappa shape index (κ3) is 4.27. The molecule has 0 atom stereocenters. The van der Waals surface area contributed by atoms with E-state index in [1.165, 1.54) is 17.7 Å². The molecule has 2 aliphatic rings. The minimum atomic E-state index is -0.595. The van der Waals surface area contributed by atoms with E-state index in [9.17, 15) is 9.18 Å². The van der Waals surface area contributed by atoms with Crippen molar-refractivity contribution in [3.63, 3.8) is 0 Å². The first-order valence-corrected chi connectivity index (χ1v) is 10.3. The van der Waals surface area contributed by atoms with Crippen LogP contribution in [-0.2, 0) is 20.8 Å². The molecule has 0 saturated heterocycles. The molecule has 2 aromatic carbocycles. The summed E-state index contributed by atoms with van der Waals surface area (Å²) in [7, 11) is 3.77. The number of rotatable bonds is 6. The second-order valence-electron chi connectivity index (χ2n) is 8.48. The molecule has 2 heterocycles. The van der Waals surface area contributed by atoms with Crippen LogP contribution in [-0.4, -0.2) is 43.7 Å². The molecule has 0 spiro atoms. The number of halogens is 1. The highest BCUT2D eigenvalue weighted by molar-refractivity contribution is 6.32. The maximum atomic E-state index is 13.6. The van der Waals surface area contributed by atoms with Crippen LogP contribution in [0.2, 0.25) is 0 Å². The fraction of sp³-hybridized carbons (Fsp3) is 0.320. The van der Waals surface area contributed by atoms with Gasteiger partial charge >= 0.3 is 0 Å². The molecule has 1 N–H and O–H groups in total. The monoisotopic (exact) mass is 422 g/mol. The van der Waals surface area contributed by atoms with Gasteiger partial charge in [0.2, 0.25) is 0 Å². The van der Waals surface area contributed by atoms with E-state index in [1.807, 2.05) is 19.9 Å². The average Bonchev–Trinajstić information content (AvgIpc) is 3.21. The number of hydrogen-bond acceptors (Lipinski definition) is 4. The van der Waals surface area contributed by atoms with Crippen molar-refractivity contribution in [2.75, 3.05) is 32.6 Å². The van der Waals surface area contributed by atoms with Crippen molar-refractivity contribution in [3.8, 4) is 0 Å². The SMILES string of the molecule is COCCN(C)Cc1ccc(C2=CC(=C3C(=O)Nc4cc(F)ccc43)OC2(C)C)cc1. The molecular weight excluding hydrogens is 395 g/mol. The summed E-state index contributed by atoms with van der Waals surface area (Å²) in [6.45, 7) is 6.38. The van der Waals surface area contributed by atoms with Crippen molar-refractivity contribution < 1.29 is 18.7 Å². The van der Waals surface area contributed by atoms with Gasteiger partial charge in [-0.2, -0.15) is 0 Å². The molecule has 6 heteroatoms. The molecule has 1 amide bonds. The third-order valence-electron chi connectivity index (χ3n) is 5.66. The first-order valence-electron chi connectivity index (χ1n) is 10.3. The predicted octanol–water partition coefficient (Wildman–Crippen LogP) is 4.46. The number of ether oxygens (including phenoxy) is 2. The van der Waals surface area contributed by atoms with Crippen LogP contribution >= 0.6 is 0 Å². The number of carbonyl (C=O) groups excluding carboxylic acids is 1. The van der Waals surface area contributed by atoms with E-state index in [2.05, 4.69) is 41.5 Å². The van der Waals surface area contributed by atoms with Gasteiger partial charge < -0.3 is 14.8 Å². The number of likely N-dealkylation sites (N-methyl/N-ethyl adjacent to an activating group) is 1. The van der Waals surface area contributed by atoms with E-state index >= 15 is 0 Å². The van der Waals surface area contributed by atoms with E-state index in [-0.39, 0.29) is 11.7 Å². The first-order chi connectivity index (χ1) is 14.8. The zero-order valence-electron chi connectivity index (χ0n) is 18.3. The Kier molecular flexibility index (Phi) is 5.69. The molecule has 0 fully saturated rings. The fourth-order valence-corrected chi connectivity index (χ4v) is 4.04. The quantitative estimate of drug-likeness (QED) is 0.699. The second-order valence-corrected chi connectivity index (χ2v) is 8.48. The predicted molar refractivity (Wildman–Crippen MR) is 120 cm³/mol. The average molecular weight is 423 g/mol. The van der Waals surface area contributed by atoms with Crippen LogP contribution in [0.1, 0.15) is 30.5 Å². The van der Waals surface area contributed by atoms with E-state index < -0.39 is 5.60 Å². The second kappa shape index (κ2) is 8.29. The van der Waals surface area contributed by atoms with Crippen molar-refractivity contribution >= 4 is 22.7 Å². The van der Waals surface area contributed by atoms with Crippen LogP contribution in [0.4, 0.5) is 10.1 Å². The van der Waals surface area contributed by atoms with Crippen LogP contribution < -0.4 is 5.32 Å². The van der Waals surface area contributed by atoms with Gasteiger partial charge in [-0.15, -0.1) is 0 Å². The van der Waals surface area contributed by atoms with Gasteiger partial charge in [0, 0.05) is 31.3 Å². The Balaban J connectivity index is 1.63. The molecule has 31 heavy (non-hydrogen) atoms. The number of amides is 1. The Bertz CT molecular complexity index is 1070. The molecule has 2 aliphatic heterocycles. The van der Waals surface area contributed by atoms with Crippen LogP contribution in [0.5, 0.6) is 0 Å². The third-order valence-corrected chi connectivity index (χ3v) is 5.66. The Morgan fingerprint density at radius 1 is 1.16 bits per heavy atom. The van der Waals surface area contributed by atoms with Gasteiger partial charge in [-0.05, 0) is 56.3 Å². The molecule has 0 saturated carbocycles.